The first-order valence-electron chi connectivity index (χ1n) is 21.9. The fourth-order valence-corrected chi connectivity index (χ4v) is 8.55. The molecule has 1 aliphatic rings. The van der Waals surface area contributed by atoms with Crippen LogP contribution in [0.5, 0.6) is 11.5 Å². The average Bonchev–Trinajstić information content (AvgIpc) is 3.79. The Morgan fingerprint density at radius 1 is 0.587 bits per heavy atom. The van der Waals surface area contributed by atoms with Crippen LogP contribution in [0.2, 0.25) is 0 Å². The van der Waals surface area contributed by atoms with Crippen molar-refractivity contribution in [1.82, 2.24) is 9.55 Å². The minimum atomic E-state index is -0.0304. The van der Waals surface area contributed by atoms with Gasteiger partial charge in [-0.1, -0.05) is 142 Å². The van der Waals surface area contributed by atoms with Crippen molar-refractivity contribution >= 4 is 44.6 Å². The Balaban J connectivity index is 0.00000544. The normalized spacial score (nSPS) is 13.2. The molecule has 2 aromatic heterocycles. The standard InChI is InChI=1S/C57H57N4O.Pt/c1-37(2)46-18-12-13-19-47(46)38-28-42(59-36-60(52-23-17-16-22-51(52)59)43-31-40(56(6,7)8)30-41(32-43)57(9,10)11)34-45(29-38)62-44-24-25-49-48-20-14-15-21-50(48)61(53(49)35-44)54-33-39(26-27-58-54)55(3,4)5;/h12-33,36-37H,1-11H3;/q-3;. The third-order valence-corrected chi connectivity index (χ3v) is 12.2. The molecular formula is C57H57N4OPt-3. The summed E-state index contributed by atoms with van der Waals surface area (Å²) >= 11 is 0. The third-order valence-electron chi connectivity index (χ3n) is 12.2. The molecule has 0 unspecified atom stereocenters. The van der Waals surface area contributed by atoms with Gasteiger partial charge in [-0.3, -0.25) is 0 Å². The molecule has 63 heavy (non-hydrogen) atoms. The monoisotopic (exact) mass is 1010 g/mol. The first-order chi connectivity index (χ1) is 29.4. The zero-order valence-electron chi connectivity index (χ0n) is 38.4. The van der Waals surface area contributed by atoms with Gasteiger partial charge in [-0.25, -0.2) is 4.98 Å². The molecule has 0 saturated carbocycles. The molecule has 0 spiro atoms. The number of benzene rings is 6. The molecule has 3 heterocycles. The summed E-state index contributed by atoms with van der Waals surface area (Å²) in [6.07, 6.45) is 1.91. The molecule has 0 amide bonds. The van der Waals surface area contributed by atoms with Gasteiger partial charge in [0.1, 0.15) is 5.82 Å². The summed E-state index contributed by atoms with van der Waals surface area (Å²) in [4.78, 5) is 9.47. The van der Waals surface area contributed by atoms with Gasteiger partial charge in [0.2, 0.25) is 0 Å². The maximum Gasteiger partial charge on any atom is 0.135 e. The van der Waals surface area contributed by atoms with Crippen LogP contribution in [0, 0.1) is 18.8 Å². The maximum absolute atomic E-state index is 6.92. The average molecular weight is 1010 g/mol. The molecule has 0 atom stereocenters. The topological polar surface area (TPSA) is 33.5 Å². The van der Waals surface area contributed by atoms with Crippen molar-refractivity contribution in [3.63, 3.8) is 0 Å². The Labute approximate surface area is 389 Å². The maximum atomic E-state index is 6.92. The van der Waals surface area contributed by atoms with Crippen LogP contribution in [0.3, 0.4) is 0 Å². The molecule has 5 nitrogen and oxygen atoms in total. The summed E-state index contributed by atoms with van der Waals surface area (Å²) in [6.45, 7) is 27.2. The van der Waals surface area contributed by atoms with E-state index >= 15 is 0 Å². The second-order valence-corrected chi connectivity index (χ2v) is 20.2. The van der Waals surface area contributed by atoms with E-state index in [4.69, 9.17) is 9.72 Å². The Morgan fingerprint density at radius 2 is 1.22 bits per heavy atom. The molecule has 324 valence electrons. The van der Waals surface area contributed by atoms with Crippen LogP contribution in [-0.4, -0.2) is 9.55 Å². The van der Waals surface area contributed by atoms with Gasteiger partial charge in [-0.2, -0.15) is 6.07 Å². The largest absolute Gasteiger partial charge is 0.509 e. The van der Waals surface area contributed by atoms with Crippen LogP contribution in [-0.2, 0) is 37.3 Å². The quantitative estimate of drug-likeness (QED) is 0.149. The van der Waals surface area contributed by atoms with Crippen molar-refractivity contribution in [1.29, 1.82) is 0 Å². The Morgan fingerprint density at radius 3 is 1.90 bits per heavy atom. The number of hydrogen-bond donors (Lipinski definition) is 0. The van der Waals surface area contributed by atoms with Crippen molar-refractivity contribution in [3.05, 3.63) is 175 Å². The summed E-state index contributed by atoms with van der Waals surface area (Å²) in [6, 6.07) is 53.1. The molecule has 1 aliphatic heterocycles. The van der Waals surface area contributed by atoms with Gasteiger partial charge < -0.3 is 19.1 Å². The van der Waals surface area contributed by atoms with E-state index in [1.807, 2.05) is 12.3 Å². The number of anilines is 4. The van der Waals surface area contributed by atoms with Gasteiger partial charge >= 0.3 is 0 Å². The van der Waals surface area contributed by atoms with Crippen molar-refractivity contribution in [3.8, 4) is 28.4 Å². The molecule has 8 aromatic rings. The summed E-state index contributed by atoms with van der Waals surface area (Å²) in [5.41, 5.74) is 13.5. The smallest absolute Gasteiger partial charge is 0.135 e. The van der Waals surface area contributed by atoms with Gasteiger partial charge in [0.15, 0.2) is 0 Å². The molecule has 9 rings (SSSR count). The number of nitrogens with zero attached hydrogens (tertiary/aromatic N) is 4. The summed E-state index contributed by atoms with van der Waals surface area (Å²) in [5.74, 6) is 2.39. The van der Waals surface area contributed by atoms with Crippen LogP contribution in [0.4, 0.5) is 22.7 Å². The van der Waals surface area contributed by atoms with Gasteiger partial charge in [0.05, 0.1) is 0 Å². The minimum absolute atomic E-state index is 0. The number of pyridine rings is 1. The Kier molecular flexibility index (Phi) is 11.5. The van der Waals surface area contributed by atoms with Crippen molar-refractivity contribution in [2.45, 2.75) is 98.3 Å². The van der Waals surface area contributed by atoms with E-state index in [1.165, 1.54) is 27.8 Å². The zero-order valence-corrected chi connectivity index (χ0v) is 40.6. The van der Waals surface area contributed by atoms with Gasteiger partial charge in [0, 0.05) is 61.3 Å². The fraction of sp³-hybridized carbons (Fsp3) is 0.263. The molecule has 0 aliphatic carbocycles. The number of para-hydroxylation sites is 3. The molecular weight excluding hydrogens is 952 g/mol. The first kappa shape index (κ1) is 44.0. The molecule has 0 saturated heterocycles. The van der Waals surface area contributed by atoms with Crippen LogP contribution in [0.15, 0.2) is 134 Å². The predicted octanol–water partition coefficient (Wildman–Crippen LogP) is 15.7. The van der Waals surface area contributed by atoms with Crippen LogP contribution >= 0.6 is 0 Å². The van der Waals surface area contributed by atoms with Crippen molar-refractivity contribution in [2.75, 3.05) is 9.80 Å². The SMILES string of the molecule is CC(C)c1ccccc1-c1cc(Oc2[c-]c3c(cc2)c2ccccc2n3-c2cc(C(C)(C)C)ccn2)[c-]c(N2[CH-]N(c3cc(C(C)(C)C)cc(C(C)(C)C)c3)c3ccccc32)c1.[Pt]. The fourth-order valence-electron chi connectivity index (χ4n) is 8.55. The van der Waals surface area contributed by atoms with Crippen molar-refractivity contribution < 1.29 is 25.8 Å². The number of ether oxygens (including phenoxy) is 1. The van der Waals surface area contributed by atoms with Crippen molar-refractivity contribution in [2.24, 2.45) is 0 Å². The van der Waals surface area contributed by atoms with Crippen LogP contribution < -0.4 is 14.5 Å². The van der Waals surface area contributed by atoms with E-state index in [0.717, 1.165) is 55.9 Å². The zero-order chi connectivity index (χ0) is 43.7. The van der Waals surface area contributed by atoms with E-state index in [-0.39, 0.29) is 37.3 Å². The number of hydrogen-bond acceptors (Lipinski definition) is 4. The third kappa shape index (κ3) is 8.45. The first-order valence-corrected chi connectivity index (χ1v) is 21.9. The van der Waals surface area contributed by atoms with E-state index < -0.39 is 0 Å². The Hall–Kier alpha value is -5.64. The van der Waals surface area contributed by atoms with E-state index in [9.17, 15) is 0 Å². The number of rotatable bonds is 7. The number of fused-ring (bicyclic) bond motifs is 4. The van der Waals surface area contributed by atoms with Gasteiger partial charge in [0.25, 0.3) is 0 Å². The Bertz CT molecular complexity index is 2940. The van der Waals surface area contributed by atoms with Gasteiger partial charge in [-0.15, -0.1) is 53.6 Å². The molecule has 0 fully saturated rings. The molecule has 0 bridgehead atoms. The molecule has 0 N–H and O–H groups in total. The molecule has 6 aromatic carbocycles. The molecule has 0 radical (unpaired) electrons. The minimum Gasteiger partial charge on any atom is -0.509 e. The number of aromatic nitrogens is 2. The predicted molar refractivity (Wildman–Crippen MR) is 260 cm³/mol. The summed E-state index contributed by atoms with van der Waals surface area (Å²) < 4.78 is 9.13. The summed E-state index contributed by atoms with van der Waals surface area (Å²) in [7, 11) is 0. The van der Waals surface area contributed by atoms with E-state index in [1.54, 1.807) is 0 Å². The van der Waals surface area contributed by atoms with Gasteiger partial charge in [-0.05, 0) is 97.8 Å². The van der Waals surface area contributed by atoms with Crippen LogP contribution in [0.1, 0.15) is 104 Å². The van der Waals surface area contributed by atoms with E-state index in [2.05, 4.69) is 231 Å². The second-order valence-electron chi connectivity index (χ2n) is 20.2. The van der Waals surface area contributed by atoms with Crippen LogP contribution in [0.25, 0.3) is 38.8 Å². The molecule has 6 heteroatoms. The second kappa shape index (κ2) is 16.5. The summed E-state index contributed by atoms with van der Waals surface area (Å²) in [5, 5.41) is 2.23. The van der Waals surface area contributed by atoms with E-state index in [0.29, 0.717) is 17.4 Å².